The molecule has 78 valence electrons. The minimum Gasteiger partial charge on any atom is -0.127 e. The summed E-state index contributed by atoms with van der Waals surface area (Å²) in [5.74, 6) is 1.21. The second-order valence-corrected chi connectivity index (χ2v) is 4.47. The van der Waals surface area contributed by atoms with E-state index in [0.29, 0.717) is 5.92 Å². The molecule has 1 aromatic carbocycles. The zero-order valence-corrected chi connectivity index (χ0v) is 9.93. The summed E-state index contributed by atoms with van der Waals surface area (Å²) in [4.78, 5) is 0. The van der Waals surface area contributed by atoms with Gasteiger partial charge in [-0.25, -0.2) is 0 Å². The lowest BCUT2D eigenvalue weighted by Crippen LogP contribution is -2.04. The van der Waals surface area contributed by atoms with Crippen molar-refractivity contribution in [2.24, 2.45) is 5.92 Å². The minimum atomic E-state index is 0.111. The maximum Gasteiger partial charge on any atom is 0.0610 e. The molecule has 0 radical (unpaired) electrons. The van der Waals surface area contributed by atoms with Crippen molar-refractivity contribution in [3.05, 3.63) is 35.9 Å². The first-order valence-corrected chi connectivity index (χ1v) is 5.97. The highest BCUT2D eigenvalue weighted by Gasteiger charge is 2.15. The van der Waals surface area contributed by atoms with Crippen LogP contribution in [0.3, 0.4) is 0 Å². The first-order valence-electron chi connectivity index (χ1n) is 5.00. The molecule has 2 heteroatoms. The molecule has 2 atom stereocenters. The predicted octanol–water partition coefficient (Wildman–Crippen LogP) is 4.62. The molecule has 0 nitrogen and oxygen atoms in total. The lowest BCUT2D eigenvalue weighted by Gasteiger charge is -2.17. The molecule has 14 heavy (non-hydrogen) atoms. The number of hydrogen-bond donors (Lipinski definition) is 0. The molecule has 0 aliphatic carbocycles. The molecule has 0 saturated heterocycles. The van der Waals surface area contributed by atoms with E-state index in [1.807, 2.05) is 18.2 Å². The van der Waals surface area contributed by atoms with Gasteiger partial charge in [0.2, 0.25) is 0 Å². The molecule has 0 aliphatic rings. The zero-order valence-electron chi connectivity index (χ0n) is 8.42. The molecule has 2 unspecified atom stereocenters. The monoisotopic (exact) mass is 230 g/mol. The van der Waals surface area contributed by atoms with Gasteiger partial charge in [-0.15, -0.1) is 23.2 Å². The smallest absolute Gasteiger partial charge is 0.0610 e. The summed E-state index contributed by atoms with van der Waals surface area (Å²) in [5.41, 5.74) is 1.20. The number of halogens is 2. The molecule has 0 bridgehead atoms. The fraction of sp³-hybridized carbons (Fsp3) is 0.500. The van der Waals surface area contributed by atoms with Gasteiger partial charge in [-0.3, -0.25) is 0 Å². The van der Waals surface area contributed by atoms with Crippen LogP contribution in [0, 0.1) is 5.92 Å². The Kier molecular flexibility index (Phi) is 5.36. The van der Waals surface area contributed by atoms with Gasteiger partial charge in [0, 0.05) is 5.88 Å². The molecule has 0 spiro atoms. The number of rotatable bonds is 5. The summed E-state index contributed by atoms with van der Waals surface area (Å²) in [7, 11) is 0. The summed E-state index contributed by atoms with van der Waals surface area (Å²) in [6, 6.07) is 10.2. The molecule has 0 amide bonds. The van der Waals surface area contributed by atoms with E-state index in [2.05, 4.69) is 19.1 Å². The van der Waals surface area contributed by atoms with Crippen LogP contribution < -0.4 is 0 Å². The molecule has 0 saturated carbocycles. The van der Waals surface area contributed by atoms with E-state index >= 15 is 0 Å². The molecular formula is C12H16Cl2. The van der Waals surface area contributed by atoms with Gasteiger partial charge in [-0.2, -0.15) is 0 Å². The third-order valence-corrected chi connectivity index (χ3v) is 3.36. The Labute approximate surface area is 96.2 Å². The van der Waals surface area contributed by atoms with Crippen LogP contribution in [0.25, 0.3) is 0 Å². The Morgan fingerprint density at radius 1 is 1.21 bits per heavy atom. The van der Waals surface area contributed by atoms with Crippen molar-refractivity contribution in [2.75, 3.05) is 5.88 Å². The van der Waals surface area contributed by atoms with E-state index in [-0.39, 0.29) is 5.38 Å². The van der Waals surface area contributed by atoms with E-state index in [4.69, 9.17) is 23.2 Å². The fourth-order valence-corrected chi connectivity index (χ4v) is 1.94. The van der Waals surface area contributed by atoms with Gasteiger partial charge in [0.25, 0.3) is 0 Å². The lowest BCUT2D eigenvalue weighted by atomic mass is 9.96. The van der Waals surface area contributed by atoms with Crippen LogP contribution in [-0.2, 0) is 0 Å². The summed E-state index contributed by atoms with van der Waals surface area (Å²) in [5, 5.41) is 0.111. The van der Waals surface area contributed by atoms with E-state index in [0.717, 1.165) is 18.7 Å². The Morgan fingerprint density at radius 3 is 2.43 bits per heavy atom. The normalized spacial score (nSPS) is 15.1. The van der Waals surface area contributed by atoms with Gasteiger partial charge < -0.3 is 0 Å². The Hall–Kier alpha value is -0.200. The molecule has 1 aromatic rings. The van der Waals surface area contributed by atoms with E-state index < -0.39 is 0 Å². The van der Waals surface area contributed by atoms with Crippen LogP contribution in [0.5, 0.6) is 0 Å². The van der Waals surface area contributed by atoms with Crippen molar-refractivity contribution in [1.29, 1.82) is 0 Å². The molecule has 0 aromatic heterocycles. The number of hydrogen-bond acceptors (Lipinski definition) is 0. The second kappa shape index (κ2) is 6.31. The average Bonchev–Trinajstić information content (AvgIpc) is 2.26. The Morgan fingerprint density at radius 2 is 1.86 bits per heavy atom. The van der Waals surface area contributed by atoms with Gasteiger partial charge in [0.05, 0.1) is 5.38 Å². The highest BCUT2D eigenvalue weighted by Crippen LogP contribution is 2.31. The molecule has 0 aliphatic heterocycles. The van der Waals surface area contributed by atoms with Crippen LogP contribution in [0.15, 0.2) is 30.3 Å². The molecular weight excluding hydrogens is 215 g/mol. The third-order valence-electron chi connectivity index (χ3n) is 2.41. The van der Waals surface area contributed by atoms with Gasteiger partial charge in [0.15, 0.2) is 0 Å². The van der Waals surface area contributed by atoms with E-state index in [1.54, 1.807) is 0 Å². The van der Waals surface area contributed by atoms with Crippen molar-refractivity contribution in [1.82, 2.24) is 0 Å². The van der Waals surface area contributed by atoms with E-state index in [9.17, 15) is 0 Å². The number of benzene rings is 1. The quantitative estimate of drug-likeness (QED) is 0.648. The molecule has 0 fully saturated rings. The highest BCUT2D eigenvalue weighted by atomic mass is 35.5. The van der Waals surface area contributed by atoms with Gasteiger partial charge >= 0.3 is 0 Å². The van der Waals surface area contributed by atoms with Gasteiger partial charge in [-0.05, 0) is 24.3 Å². The third kappa shape index (κ3) is 3.51. The average molecular weight is 231 g/mol. The Bertz CT molecular complexity index is 246. The fourth-order valence-electron chi connectivity index (χ4n) is 1.51. The molecule has 0 heterocycles. The standard InChI is InChI=1S/C12H16Cl2/c1-10(6-5-9-13)12(14)11-7-3-2-4-8-11/h2-4,7-8,10,12H,5-6,9H2,1H3. The first kappa shape index (κ1) is 11.9. The van der Waals surface area contributed by atoms with Crippen LogP contribution >= 0.6 is 23.2 Å². The van der Waals surface area contributed by atoms with Gasteiger partial charge in [-0.1, -0.05) is 37.3 Å². The van der Waals surface area contributed by atoms with Crippen molar-refractivity contribution in [3.8, 4) is 0 Å². The molecule has 1 rings (SSSR count). The summed E-state index contributed by atoms with van der Waals surface area (Å²) < 4.78 is 0. The first-order chi connectivity index (χ1) is 6.75. The summed E-state index contributed by atoms with van der Waals surface area (Å²) >= 11 is 12.0. The van der Waals surface area contributed by atoms with E-state index in [1.165, 1.54) is 5.56 Å². The van der Waals surface area contributed by atoms with Crippen molar-refractivity contribution < 1.29 is 0 Å². The second-order valence-electron chi connectivity index (χ2n) is 3.62. The highest BCUT2D eigenvalue weighted by molar-refractivity contribution is 6.21. The van der Waals surface area contributed by atoms with Crippen molar-refractivity contribution in [3.63, 3.8) is 0 Å². The summed E-state index contributed by atoms with van der Waals surface area (Å²) in [6.45, 7) is 2.18. The minimum absolute atomic E-state index is 0.111. The lowest BCUT2D eigenvalue weighted by molar-refractivity contribution is 0.509. The SMILES string of the molecule is CC(CCCCl)C(Cl)c1ccccc1. The Balaban J connectivity index is 2.52. The van der Waals surface area contributed by atoms with Crippen LogP contribution in [0.2, 0.25) is 0 Å². The predicted molar refractivity (Wildman–Crippen MR) is 64.2 cm³/mol. The maximum absolute atomic E-state index is 6.35. The maximum atomic E-state index is 6.35. The zero-order chi connectivity index (χ0) is 10.4. The topological polar surface area (TPSA) is 0 Å². The van der Waals surface area contributed by atoms with Crippen LogP contribution in [-0.4, -0.2) is 5.88 Å². The van der Waals surface area contributed by atoms with Crippen LogP contribution in [0.1, 0.15) is 30.7 Å². The molecule has 0 N–H and O–H groups in total. The summed E-state index contributed by atoms with van der Waals surface area (Å²) in [6.07, 6.45) is 2.13. The van der Waals surface area contributed by atoms with Crippen LogP contribution in [0.4, 0.5) is 0 Å². The number of alkyl halides is 2. The van der Waals surface area contributed by atoms with Crippen molar-refractivity contribution >= 4 is 23.2 Å². The van der Waals surface area contributed by atoms with Crippen molar-refractivity contribution in [2.45, 2.75) is 25.1 Å². The van der Waals surface area contributed by atoms with Gasteiger partial charge in [0.1, 0.15) is 0 Å². The largest absolute Gasteiger partial charge is 0.127 e.